The molecule has 0 aromatic carbocycles. The van der Waals surface area contributed by atoms with Gasteiger partial charge in [0, 0.05) is 13.1 Å². The Morgan fingerprint density at radius 2 is 2.10 bits per heavy atom. The van der Waals surface area contributed by atoms with Crippen molar-refractivity contribution in [3.05, 3.63) is 0 Å². The average Bonchev–Trinajstić information content (AvgIpc) is 2.94. The Morgan fingerprint density at radius 1 is 1.40 bits per heavy atom. The monoisotopic (exact) mass is 303 g/mol. The van der Waals surface area contributed by atoms with Crippen molar-refractivity contribution in [2.45, 2.75) is 32.6 Å². The molecule has 1 amide bonds. The minimum absolute atomic E-state index is 0.0658. The van der Waals surface area contributed by atoms with Crippen molar-refractivity contribution >= 4 is 21.7 Å². The summed E-state index contributed by atoms with van der Waals surface area (Å²) in [4.78, 5) is 25.3. The van der Waals surface area contributed by atoms with Crippen LogP contribution in [0.4, 0.5) is 0 Å². The number of amides is 1. The number of carboxylic acid groups (broad SMARTS) is 1. The fourth-order valence-corrected chi connectivity index (χ4v) is 5.01. The highest BCUT2D eigenvalue weighted by Crippen LogP contribution is 2.37. The van der Waals surface area contributed by atoms with Crippen molar-refractivity contribution in [1.29, 1.82) is 0 Å². The van der Waals surface area contributed by atoms with Crippen LogP contribution in [0.1, 0.15) is 32.6 Å². The normalized spacial score (nSPS) is 32.5. The summed E-state index contributed by atoms with van der Waals surface area (Å²) in [5.41, 5.74) is -0.845. The van der Waals surface area contributed by atoms with E-state index < -0.39 is 27.1 Å². The molecule has 2 saturated heterocycles. The van der Waals surface area contributed by atoms with Crippen LogP contribution in [0.15, 0.2) is 0 Å². The molecule has 0 radical (unpaired) electrons. The van der Waals surface area contributed by atoms with Gasteiger partial charge in [0.15, 0.2) is 9.84 Å². The molecule has 0 saturated carbocycles. The van der Waals surface area contributed by atoms with Gasteiger partial charge in [-0.05, 0) is 19.3 Å². The summed E-state index contributed by atoms with van der Waals surface area (Å²) in [6.45, 7) is 2.56. The van der Waals surface area contributed by atoms with Gasteiger partial charge in [-0.3, -0.25) is 9.59 Å². The van der Waals surface area contributed by atoms with E-state index in [1.807, 2.05) is 6.92 Å². The predicted octanol–water partition coefficient (Wildman–Crippen LogP) is 0.524. The Balaban J connectivity index is 2.05. The predicted molar refractivity (Wildman–Crippen MR) is 72.9 cm³/mol. The summed E-state index contributed by atoms with van der Waals surface area (Å²) in [6.07, 6.45) is 2.13. The zero-order chi connectivity index (χ0) is 15.0. The van der Waals surface area contributed by atoms with E-state index in [4.69, 9.17) is 0 Å². The van der Waals surface area contributed by atoms with Gasteiger partial charge in [-0.2, -0.15) is 0 Å². The van der Waals surface area contributed by atoms with E-state index >= 15 is 0 Å². The summed E-state index contributed by atoms with van der Waals surface area (Å²) in [7, 11) is -3.09. The third-order valence-electron chi connectivity index (χ3n) is 4.43. The van der Waals surface area contributed by atoms with Gasteiger partial charge in [-0.15, -0.1) is 0 Å². The summed E-state index contributed by atoms with van der Waals surface area (Å²) in [5, 5.41) is 9.41. The molecule has 0 aromatic heterocycles. The number of carbonyl (C=O) groups is 2. The van der Waals surface area contributed by atoms with Crippen LogP contribution in [0.25, 0.3) is 0 Å². The zero-order valence-electron chi connectivity index (χ0n) is 11.7. The molecule has 114 valence electrons. The molecule has 2 aliphatic heterocycles. The number of hydrogen-bond acceptors (Lipinski definition) is 4. The summed E-state index contributed by atoms with van der Waals surface area (Å²) in [5.74, 6) is -1.54. The lowest BCUT2D eigenvalue weighted by atomic mass is 9.83. The maximum Gasteiger partial charge on any atom is 0.311 e. The number of sulfone groups is 1. The molecule has 0 aromatic rings. The lowest BCUT2D eigenvalue weighted by Gasteiger charge is -2.25. The number of carboxylic acids is 1. The Bertz CT molecular complexity index is 515. The van der Waals surface area contributed by atoms with Crippen LogP contribution in [0.3, 0.4) is 0 Å². The molecule has 2 atom stereocenters. The molecule has 2 rings (SSSR count). The molecule has 2 heterocycles. The molecule has 7 heteroatoms. The zero-order valence-corrected chi connectivity index (χ0v) is 12.5. The van der Waals surface area contributed by atoms with Crippen molar-refractivity contribution in [3.8, 4) is 0 Å². The van der Waals surface area contributed by atoms with Crippen molar-refractivity contribution in [2.75, 3.05) is 24.6 Å². The standard InChI is InChI=1S/C13H21NO5S/c1-2-4-13(12(16)17)5-6-14(9-13)11(15)10-3-7-20(18,19)8-10/h10H,2-9H2,1H3,(H,16,17). The molecule has 2 unspecified atom stereocenters. The van der Waals surface area contributed by atoms with Crippen molar-refractivity contribution < 1.29 is 23.1 Å². The Hall–Kier alpha value is -1.11. The Kier molecular flexibility index (Phi) is 4.09. The first kappa shape index (κ1) is 15.3. The molecule has 1 N–H and O–H groups in total. The minimum atomic E-state index is -3.09. The third kappa shape index (κ3) is 2.82. The SMILES string of the molecule is CCCC1(C(=O)O)CCN(C(=O)C2CCS(=O)(=O)C2)C1. The number of hydrogen-bond donors (Lipinski definition) is 1. The maximum absolute atomic E-state index is 12.3. The Morgan fingerprint density at radius 3 is 2.60 bits per heavy atom. The molecular formula is C13H21NO5S. The number of rotatable bonds is 4. The van der Waals surface area contributed by atoms with Crippen LogP contribution in [0.5, 0.6) is 0 Å². The van der Waals surface area contributed by atoms with E-state index in [0.717, 1.165) is 6.42 Å². The smallest absolute Gasteiger partial charge is 0.311 e. The first-order chi connectivity index (χ1) is 9.30. The largest absolute Gasteiger partial charge is 0.481 e. The lowest BCUT2D eigenvalue weighted by molar-refractivity contribution is -0.149. The first-order valence-corrected chi connectivity index (χ1v) is 8.84. The first-order valence-electron chi connectivity index (χ1n) is 7.02. The fraction of sp³-hybridized carbons (Fsp3) is 0.846. The highest BCUT2D eigenvalue weighted by atomic mass is 32.2. The van der Waals surface area contributed by atoms with Gasteiger partial charge in [0.05, 0.1) is 22.8 Å². The summed E-state index contributed by atoms with van der Waals surface area (Å²) < 4.78 is 22.9. The van der Waals surface area contributed by atoms with E-state index in [1.54, 1.807) is 4.90 Å². The van der Waals surface area contributed by atoms with Gasteiger partial charge in [0.25, 0.3) is 0 Å². The van der Waals surface area contributed by atoms with Gasteiger partial charge in [-0.25, -0.2) is 8.42 Å². The third-order valence-corrected chi connectivity index (χ3v) is 6.20. The van der Waals surface area contributed by atoms with Crippen molar-refractivity contribution in [1.82, 2.24) is 4.90 Å². The van der Waals surface area contributed by atoms with E-state index in [1.165, 1.54) is 0 Å². The second-order valence-corrected chi connectivity index (χ2v) is 8.17. The maximum atomic E-state index is 12.3. The minimum Gasteiger partial charge on any atom is -0.481 e. The van der Waals surface area contributed by atoms with Crippen LogP contribution in [0, 0.1) is 11.3 Å². The average molecular weight is 303 g/mol. The van der Waals surface area contributed by atoms with Crippen LogP contribution in [-0.2, 0) is 19.4 Å². The molecule has 0 spiro atoms. The van der Waals surface area contributed by atoms with Gasteiger partial charge >= 0.3 is 5.97 Å². The molecule has 20 heavy (non-hydrogen) atoms. The summed E-state index contributed by atoms with van der Waals surface area (Å²) >= 11 is 0. The van der Waals surface area contributed by atoms with Crippen molar-refractivity contribution in [2.24, 2.45) is 11.3 Å². The fourth-order valence-electron chi connectivity index (χ4n) is 3.27. The molecular weight excluding hydrogens is 282 g/mol. The second kappa shape index (κ2) is 5.35. The molecule has 0 bridgehead atoms. The highest BCUT2D eigenvalue weighted by Gasteiger charge is 2.47. The summed E-state index contributed by atoms with van der Waals surface area (Å²) in [6, 6.07) is 0. The van der Waals surface area contributed by atoms with Crippen LogP contribution in [-0.4, -0.2) is 54.9 Å². The molecule has 6 nitrogen and oxygen atoms in total. The van der Waals surface area contributed by atoms with Gasteiger partial charge < -0.3 is 10.0 Å². The number of aliphatic carboxylic acids is 1. The van der Waals surface area contributed by atoms with Gasteiger partial charge in [0.1, 0.15) is 0 Å². The molecule has 2 aliphatic rings. The van der Waals surface area contributed by atoms with Crippen LogP contribution >= 0.6 is 0 Å². The van der Waals surface area contributed by atoms with Crippen LogP contribution < -0.4 is 0 Å². The van der Waals surface area contributed by atoms with Gasteiger partial charge in [-0.1, -0.05) is 13.3 Å². The quantitative estimate of drug-likeness (QED) is 0.817. The van der Waals surface area contributed by atoms with E-state index in [2.05, 4.69) is 0 Å². The van der Waals surface area contributed by atoms with E-state index in [-0.39, 0.29) is 24.0 Å². The Labute approximate surface area is 119 Å². The topological polar surface area (TPSA) is 91.8 Å². The van der Waals surface area contributed by atoms with E-state index in [9.17, 15) is 23.1 Å². The number of carbonyl (C=O) groups excluding carboxylic acids is 1. The van der Waals surface area contributed by atoms with Crippen molar-refractivity contribution in [3.63, 3.8) is 0 Å². The molecule has 2 fully saturated rings. The van der Waals surface area contributed by atoms with Crippen LogP contribution in [0.2, 0.25) is 0 Å². The lowest BCUT2D eigenvalue weighted by Crippen LogP contribution is -2.39. The van der Waals surface area contributed by atoms with E-state index in [0.29, 0.717) is 25.8 Å². The number of nitrogens with zero attached hydrogens (tertiary/aromatic N) is 1. The number of likely N-dealkylation sites (tertiary alicyclic amines) is 1. The highest BCUT2D eigenvalue weighted by molar-refractivity contribution is 7.91. The second-order valence-electron chi connectivity index (χ2n) is 5.95. The van der Waals surface area contributed by atoms with Gasteiger partial charge in [0.2, 0.25) is 5.91 Å². The molecule has 0 aliphatic carbocycles.